The highest BCUT2D eigenvalue weighted by Crippen LogP contribution is 2.27. The van der Waals surface area contributed by atoms with Crippen molar-refractivity contribution in [1.29, 1.82) is 0 Å². The second-order valence-electron chi connectivity index (χ2n) is 6.24. The van der Waals surface area contributed by atoms with E-state index in [1.165, 1.54) is 0 Å². The Morgan fingerprint density at radius 2 is 1.48 bits per heavy atom. The fraction of sp³-hybridized carbons (Fsp3) is 0.400. The van der Waals surface area contributed by atoms with Gasteiger partial charge in [-0.3, -0.25) is 0 Å². The number of benzene rings is 2. The minimum Gasteiger partial charge on any atom is -0.385 e. The molecule has 3 rings (SSSR count). The molecule has 0 amide bonds. The van der Waals surface area contributed by atoms with E-state index >= 15 is 0 Å². The van der Waals surface area contributed by atoms with E-state index < -0.39 is 24.6 Å². The van der Waals surface area contributed by atoms with Crippen LogP contribution in [0, 0.1) is 0 Å². The van der Waals surface area contributed by atoms with Crippen LogP contribution < -0.4 is 0 Å². The predicted octanol–water partition coefficient (Wildman–Crippen LogP) is 2.26. The molecule has 25 heavy (non-hydrogen) atoms. The van der Waals surface area contributed by atoms with Crippen LogP contribution in [0.4, 0.5) is 0 Å². The molecule has 1 fully saturated rings. The van der Waals surface area contributed by atoms with Gasteiger partial charge in [-0.15, -0.1) is 0 Å². The van der Waals surface area contributed by atoms with Crippen LogP contribution in [-0.2, 0) is 27.4 Å². The number of hydrogen-bond donors (Lipinski definition) is 2. The lowest BCUT2D eigenvalue weighted by atomic mass is 10.1. The Morgan fingerprint density at radius 1 is 0.920 bits per heavy atom. The van der Waals surface area contributed by atoms with Crippen LogP contribution in [0.1, 0.15) is 18.1 Å². The molecular weight excluding hydrogens is 320 g/mol. The van der Waals surface area contributed by atoms with Gasteiger partial charge in [-0.1, -0.05) is 60.7 Å². The SMILES string of the molecule is C[C@H](OCc1ccccc1)[C@H]1O[C@@H](O)[C@H](O)[C@@H]1OCc1ccccc1. The average molecular weight is 344 g/mol. The molecule has 0 aromatic heterocycles. The Morgan fingerprint density at radius 3 is 2.08 bits per heavy atom. The van der Waals surface area contributed by atoms with Gasteiger partial charge in [0.2, 0.25) is 0 Å². The standard InChI is InChI=1S/C20H24O5/c1-14(23-12-15-8-4-2-5-9-15)18-19(17(21)20(22)25-18)24-13-16-10-6-3-7-11-16/h2-11,14,17-22H,12-13H2,1H3/t14-,17+,18+,19-,20+/m0/s1. The van der Waals surface area contributed by atoms with Crippen molar-refractivity contribution in [1.82, 2.24) is 0 Å². The zero-order valence-electron chi connectivity index (χ0n) is 14.2. The molecular formula is C20H24O5. The molecule has 0 aliphatic carbocycles. The molecule has 1 heterocycles. The molecule has 2 N–H and O–H groups in total. The summed E-state index contributed by atoms with van der Waals surface area (Å²) < 4.78 is 17.2. The van der Waals surface area contributed by atoms with Crippen molar-refractivity contribution in [2.75, 3.05) is 0 Å². The smallest absolute Gasteiger partial charge is 0.184 e. The third-order valence-corrected chi connectivity index (χ3v) is 4.35. The number of aliphatic hydroxyl groups is 2. The lowest BCUT2D eigenvalue weighted by Crippen LogP contribution is -2.40. The van der Waals surface area contributed by atoms with E-state index in [4.69, 9.17) is 14.2 Å². The second-order valence-corrected chi connectivity index (χ2v) is 6.24. The maximum atomic E-state index is 10.2. The first-order valence-electron chi connectivity index (χ1n) is 8.48. The van der Waals surface area contributed by atoms with Gasteiger partial charge >= 0.3 is 0 Å². The van der Waals surface area contributed by atoms with Crippen molar-refractivity contribution < 1.29 is 24.4 Å². The first-order valence-corrected chi connectivity index (χ1v) is 8.48. The Balaban J connectivity index is 1.59. The van der Waals surface area contributed by atoms with Crippen LogP contribution in [-0.4, -0.2) is 40.9 Å². The highest BCUT2D eigenvalue weighted by molar-refractivity contribution is 5.14. The van der Waals surface area contributed by atoms with E-state index in [0.717, 1.165) is 11.1 Å². The molecule has 0 spiro atoms. The van der Waals surface area contributed by atoms with E-state index in [1.54, 1.807) is 0 Å². The highest BCUT2D eigenvalue weighted by atomic mass is 16.7. The van der Waals surface area contributed by atoms with Crippen LogP contribution in [0.25, 0.3) is 0 Å². The molecule has 0 radical (unpaired) electrons. The van der Waals surface area contributed by atoms with Gasteiger partial charge in [0.05, 0.1) is 19.3 Å². The quantitative estimate of drug-likeness (QED) is 0.806. The first-order chi connectivity index (χ1) is 12.1. The summed E-state index contributed by atoms with van der Waals surface area (Å²) in [7, 11) is 0. The summed E-state index contributed by atoms with van der Waals surface area (Å²) in [4.78, 5) is 0. The van der Waals surface area contributed by atoms with Crippen molar-refractivity contribution in [3.8, 4) is 0 Å². The molecule has 1 aliphatic rings. The van der Waals surface area contributed by atoms with E-state index in [-0.39, 0.29) is 6.10 Å². The van der Waals surface area contributed by atoms with E-state index in [1.807, 2.05) is 67.6 Å². The summed E-state index contributed by atoms with van der Waals surface area (Å²) in [5, 5.41) is 20.0. The molecule has 0 bridgehead atoms. The summed E-state index contributed by atoms with van der Waals surface area (Å²) in [5.41, 5.74) is 2.04. The molecule has 0 unspecified atom stereocenters. The van der Waals surface area contributed by atoms with Gasteiger partial charge in [-0.05, 0) is 18.1 Å². The van der Waals surface area contributed by atoms with Gasteiger partial charge in [-0.2, -0.15) is 0 Å². The molecule has 5 heteroatoms. The van der Waals surface area contributed by atoms with Crippen molar-refractivity contribution >= 4 is 0 Å². The summed E-state index contributed by atoms with van der Waals surface area (Å²) in [6.45, 7) is 2.62. The van der Waals surface area contributed by atoms with Crippen LogP contribution >= 0.6 is 0 Å². The van der Waals surface area contributed by atoms with E-state index in [2.05, 4.69) is 0 Å². The van der Waals surface area contributed by atoms with Crippen molar-refractivity contribution in [2.24, 2.45) is 0 Å². The van der Waals surface area contributed by atoms with Crippen LogP contribution in [0.3, 0.4) is 0 Å². The van der Waals surface area contributed by atoms with Crippen molar-refractivity contribution in [2.45, 2.75) is 50.8 Å². The van der Waals surface area contributed by atoms with Crippen LogP contribution in [0.5, 0.6) is 0 Å². The molecule has 5 atom stereocenters. The number of hydrogen-bond acceptors (Lipinski definition) is 5. The molecule has 134 valence electrons. The second kappa shape index (κ2) is 8.56. The van der Waals surface area contributed by atoms with Gasteiger partial charge in [0, 0.05) is 0 Å². The normalized spacial score (nSPS) is 27.3. The van der Waals surface area contributed by atoms with Gasteiger partial charge in [0.25, 0.3) is 0 Å². The average Bonchev–Trinajstić information content (AvgIpc) is 2.94. The molecule has 1 saturated heterocycles. The fourth-order valence-corrected chi connectivity index (χ4v) is 2.91. The maximum absolute atomic E-state index is 10.2. The minimum atomic E-state index is -1.27. The number of aliphatic hydroxyl groups excluding tert-OH is 2. The van der Waals surface area contributed by atoms with Gasteiger partial charge in [-0.25, -0.2) is 0 Å². The molecule has 1 aliphatic heterocycles. The van der Waals surface area contributed by atoms with Crippen LogP contribution in [0.2, 0.25) is 0 Å². The summed E-state index contributed by atoms with van der Waals surface area (Å²) in [6.07, 6.45) is -3.91. The largest absolute Gasteiger partial charge is 0.385 e. The summed E-state index contributed by atoms with van der Waals surface area (Å²) in [6, 6.07) is 19.5. The molecule has 2 aromatic rings. The van der Waals surface area contributed by atoms with Gasteiger partial charge in [0.1, 0.15) is 18.3 Å². The molecule has 5 nitrogen and oxygen atoms in total. The van der Waals surface area contributed by atoms with Gasteiger partial charge < -0.3 is 24.4 Å². The highest BCUT2D eigenvalue weighted by Gasteiger charge is 2.46. The summed E-state index contributed by atoms with van der Waals surface area (Å²) in [5.74, 6) is 0. The van der Waals surface area contributed by atoms with Crippen molar-refractivity contribution in [3.63, 3.8) is 0 Å². The predicted molar refractivity (Wildman–Crippen MR) is 92.6 cm³/mol. The lowest BCUT2D eigenvalue weighted by molar-refractivity contribution is -0.154. The Hall–Kier alpha value is -1.76. The third-order valence-electron chi connectivity index (χ3n) is 4.35. The minimum absolute atomic E-state index is 0.334. The Labute approximate surface area is 147 Å². The van der Waals surface area contributed by atoms with Gasteiger partial charge in [0.15, 0.2) is 6.29 Å². The van der Waals surface area contributed by atoms with Crippen molar-refractivity contribution in [3.05, 3.63) is 71.8 Å². The Kier molecular flexibility index (Phi) is 6.18. The lowest BCUT2D eigenvalue weighted by Gasteiger charge is -2.25. The Bertz CT molecular complexity index is 633. The van der Waals surface area contributed by atoms with E-state index in [0.29, 0.717) is 13.2 Å². The summed E-state index contributed by atoms with van der Waals surface area (Å²) >= 11 is 0. The fourth-order valence-electron chi connectivity index (χ4n) is 2.91. The third kappa shape index (κ3) is 4.66. The van der Waals surface area contributed by atoms with E-state index in [9.17, 15) is 10.2 Å². The van der Waals surface area contributed by atoms with Crippen LogP contribution in [0.15, 0.2) is 60.7 Å². The first kappa shape index (κ1) is 18.0. The molecule has 2 aromatic carbocycles. The monoisotopic (exact) mass is 344 g/mol. The molecule has 0 saturated carbocycles. The number of ether oxygens (including phenoxy) is 3. The number of rotatable bonds is 7. The zero-order chi connectivity index (χ0) is 17.6. The maximum Gasteiger partial charge on any atom is 0.184 e. The topological polar surface area (TPSA) is 68.2 Å². The zero-order valence-corrected chi connectivity index (χ0v) is 14.2.